The summed E-state index contributed by atoms with van der Waals surface area (Å²) in [7, 11) is 3.40. The lowest BCUT2D eigenvalue weighted by Gasteiger charge is -2.37. The highest BCUT2D eigenvalue weighted by Crippen LogP contribution is 2.24. The molecule has 0 aliphatic carbocycles. The molecule has 1 saturated heterocycles. The predicted octanol–water partition coefficient (Wildman–Crippen LogP) is -0.130. The van der Waals surface area contributed by atoms with Crippen LogP contribution in [0.25, 0.3) is 10.4 Å². The number of hydrogen-bond acceptors (Lipinski definition) is 8. The van der Waals surface area contributed by atoms with Gasteiger partial charge in [-0.05, 0) is 32.1 Å². The first kappa shape index (κ1) is 23.3. The van der Waals surface area contributed by atoms with Gasteiger partial charge >= 0.3 is 0 Å². The third kappa shape index (κ3) is 5.10. The van der Waals surface area contributed by atoms with E-state index in [1.165, 1.54) is 4.90 Å². The maximum absolute atomic E-state index is 13.0. The summed E-state index contributed by atoms with van der Waals surface area (Å²) in [5.41, 5.74) is 9.14. The molecule has 1 fully saturated rings. The molecule has 6 N–H and O–H groups in total. The molecule has 31 heavy (non-hydrogen) atoms. The lowest BCUT2D eigenvalue weighted by molar-refractivity contribution is -0.141. The Morgan fingerprint density at radius 2 is 2.00 bits per heavy atom. The van der Waals surface area contributed by atoms with Gasteiger partial charge in [-0.3, -0.25) is 14.6 Å². The quantitative estimate of drug-likeness (QED) is 0.357. The van der Waals surface area contributed by atoms with Crippen molar-refractivity contribution in [2.75, 3.05) is 20.6 Å². The van der Waals surface area contributed by atoms with E-state index < -0.39 is 29.8 Å². The lowest BCUT2D eigenvalue weighted by atomic mass is 10.0. The molecule has 10 heteroatoms. The minimum absolute atomic E-state index is 0.0810. The highest BCUT2D eigenvalue weighted by Gasteiger charge is 2.44. The SMILES string of the molecule is CNC(C)(NC)[C@H](N)C(=O)N1C[C@H](O)C[C@H]1C(=O)NCc1ccc(-c2cncs2)cc1. The number of likely N-dealkylation sites (N-methyl/N-ethyl adjacent to an activating group) is 2. The smallest absolute Gasteiger partial charge is 0.243 e. The summed E-state index contributed by atoms with van der Waals surface area (Å²) in [5.74, 6) is -0.698. The van der Waals surface area contributed by atoms with E-state index in [9.17, 15) is 14.7 Å². The third-order valence-corrected chi connectivity index (χ3v) is 6.75. The van der Waals surface area contributed by atoms with Gasteiger partial charge in [0.2, 0.25) is 11.8 Å². The van der Waals surface area contributed by atoms with Crippen molar-refractivity contribution < 1.29 is 14.7 Å². The maximum Gasteiger partial charge on any atom is 0.243 e. The van der Waals surface area contributed by atoms with E-state index in [1.54, 1.807) is 37.9 Å². The van der Waals surface area contributed by atoms with E-state index in [0.29, 0.717) is 6.54 Å². The van der Waals surface area contributed by atoms with Gasteiger partial charge in [0.1, 0.15) is 12.1 Å². The number of aliphatic hydroxyl groups is 1. The van der Waals surface area contributed by atoms with Gasteiger partial charge in [-0.1, -0.05) is 24.3 Å². The zero-order valence-corrected chi connectivity index (χ0v) is 18.8. The lowest BCUT2D eigenvalue weighted by Crippen LogP contribution is -2.68. The van der Waals surface area contributed by atoms with Crippen LogP contribution in [0.2, 0.25) is 0 Å². The summed E-state index contributed by atoms with van der Waals surface area (Å²) >= 11 is 1.57. The molecule has 9 nitrogen and oxygen atoms in total. The molecule has 3 atom stereocenters. The molecule has 2 heterocycles. The number of nitrogens with zero attached hydrogens (tertiary/aromatic N) is 2. The molecule has 0 spiro atoms. The van der Waals surface area contributed by atoms with Crippen molar-refractivity contribution in [1.82, 2.24) is 25.8 Å². The van der Waals surface area contributed by atoms with Crippen molar-refractivity contribution in [3.8, 4) is 10.4 Å². The van der Waals surface area contributed by atoms with Crippen LogP contribution in [0, 0.1) is 0 Å². The Morgan fingerprint density at radius 1 is 1.32 bits per heavy atom. The van der Waals surface area contributed by atoms with Crippen molar-refractivity contribution in [3.05, 3.63) is 41.5 Å². The Balaban J connectivity index is 1.63. The number of aromatic nitrogens is 1. The van der Waals surface area contributed by atoms with Crippen molar-refractivity contribution in [1.29, 1.82) is 0 Å². The number of rotatable bonds is 8. The molecule has 3 rings (SSSR count). The van der Waals surface area contributed by atoms with Crippen LogP contribution in [0.5, 0.6) is 0 Å². The first-order chi connectivity index (χ1) is 14.8. The third-order valence-electron chi connectivity index (χ3n) is 5.93. The minimum atomic E-state index is -0.928. The summed E-state index contributed by atoms with van der Waals surface area (Å²) in [6.45, 7) is 2.18. The zero-order chi connectivity index (χ0) is 22.6. The molecule has 0 saturated carbocycles. The number of nitrogens with two attached hydrogens (primary N) is 1. The van der Waals surface area contributed by atoms with Crippen LogP contribution >= 0.6 is 11.3 Å². The van der Waals surface area contributed by atoms with Gasteiger partial charge in [0.25, 0.3) is 0 Å². The molecule has 0 unspecified atom stereocenters. The Bertz CT molecular complexity index is 885. The van der Waals surface area contributed by atoms with Crippen LogP contribution in [0.4, 0.5) is 0 Å². The molecule has 1 aliphatic rings. The van der Waals surface area contributed by atoms with Crippen LogP contribution in [0.15, 0.2) is 36.0 Å². The number of carbonyl (C=O) groups is 2. The van der Waals surface area contributed by atoms with Crippen LogP contribution in [0.1, 0.15) is 18.9 Å². The average molecular weight is 447 g/mol. The standard InChI is InChI=1S/C21H30N6O3S/c1-21(23-2,24-3)18(22)20(30)27-11-15(28)8-16(27)19(29)26-9-13-4-6-14(7-5-13)17-10-25-12-31-17/h4-7,10,12,15-16,18,23-24,28H,8-9,11,22H2,1-3H3,(H,26,29)/t15-,16+,18-/m1/s1. The van der Waals surface area contributed by atoms with E-state index in [2.05, 4.69) is 20.9 Å². The van der Waals surface area contributed by atoms with Gasteiger partial charge in [-0.25, -0.2) is 0 Å². The number of likely N-dealkylation sites (tertiary alicyclic amines) is 1. The molecule has 2 aromatic rings. The fourth-order valence-corrected chi connectivity index (χ4v) is 4.25. The normalized spacial score (nSPS) is 20.0. The molecular weight excluding hydrogens is 416 g/mol. The number of amides is 2. The molecule has 0 bridgehead atoms. The van der Waals surface area contributed by atoms with Gasteiger partial charge < -0.3 is 31.7 Å². The number of aliphatic hydroxyl groups excluding tert-OH is 1. The number of thiazole rings is 1. The van der Waals surface area contributed by atoms with Gasteiger partial charge in [0.05, 0.1) is 22.2 Å². The summed E-state index contributed by atoms with van der Waals surface area (Å²) in [4.78, 5) is 32.4. The molecule has 1 aromatic carbocycles. The van der Waals surface area contributed by atoms with Gasteiger partial charge in [-0.15, -0.1) is 11.3 Å². The Morgan fingerprint density at radius 3 is 2.58 bits per heavy atom. The second-order valence-electron chi connectivity index (χ2n) is 7.86. The topological polar surface area (TPSA) is 133 Å². The van der Waals surface area contributed by atoms with E-state index in [-0.39, 0.29) is 18.9 Å². The van der Waals surface area contributed by atoms with Gasteiger partial charge in [0, 0.05) is 25.7 Å². The fraction of sp³-hybridized carbons (Fsp3) is 0.476. The Kier molecular flexibility index (Phi) is 7.39. The first-order valence-corrected chi connectivity index (χ1v) is 11.0. The summed E-state index contributed by atoms with van der Waals surface area (Å²) in [6, 6.07) is 6.18. The van der Waals surface area contributed by atoms with E-state index in [1.807, 2.05) is 30.5 Å². The number of benzene rings is 1. The molecule has 168 valence electrons. The van der Waals surface area contributed by atoms with Crippen molar-refractivity contribution in [3.63, 3.8) is 0 Å². The van der Waals surface area contributed by atoms with Crippen LogP contribution < -0.4 is 21.7 Å². The predicted molar refractivity (Wildman–Crippen MR) is 120 cm³/mol. The molecule has 0 radical (unpaired) electrons. The van der Waals surface area contributed by atoms with E-state index in [4.69, 9.17) is 5.73 Å². The highest BCUT2D eigenvalue weighted by atomic mass is 32.1. The Labute approximate surface area is 186 Å². The van der Waals surface area contributed by atoms with Crippen LogP contribution in [-0.4, -0.2) is 71.3 Å². The molecular formula is C21H30N6O3S. The van der Waals surface area contributed by atoms with Gasteiger partial charge in [-0.2, -0.15) is 0 Å². The maximum atomic E-state index is 13.0. The monoisotopic (exact) mass is 446 g/mol. The minimum Gasteiger partial charge on any atom is -0.391 e. The number of β-amino-alcohol motifs (C(OH)–C–C–N with tert-alkyl or cyclic N) is 1. The highest BCUT2D eigenvalue weighted by molar-refractivity contribution is 7.13. The largest absolute Gasteiger partial charge is 0.391 e. The first-order valence-electron chi connectivity index (χ1n) is 10.2. The summed E-state index contributed by atoms with van der Waals surface area (Å²) < 4.78 is 0. The average Bonchev–Trinajstić information content (AvgIpc) is 3.46. The number of carbonyl (C=O) groups excluding carboxylic acids is 2. The van der Waals surface area contributed by atoms with Crippen molar-refractivity contribution in [2.24, 2.45) is 5.73 Å². The number of hydrogen-bond donors (Lipinski definition) is 5. The fourth-order valence-electron chi connectivity index (χ4n) is 3.62. The van der Waals surface area contributed by atoms with Gasteiger partial charge in [0.15, 0.2) is 0 Å². The molecule has 2 amide bonds. The summed E-state index contributed by atoms with van der Waals surface area (Å²) in [6.07, 6.45) is 1.24. The Hall–Kier alpha value is -2.37. The van der Waals surface area contributed by atoms with E-state index >= 15 is 0 Å². The zero-order valence-electron chi connectivity index (χ0n) is 18.0. The summed E-state index contributed by atoms with van der Waals surface area (Å²) in [5, 5.41) is 19.0. The van der Waals surface area contributed by atoms with E-state index in [0.717, 1.165) is 16.0 Å². The second-order valence-corrected chi connectivity index (χ2v) is 8.74. The van der Waals surface area contributed by atoms with Crippen LogP contribution in [-0.2, 0) is 16.1 Å². The molecule has 1 aliphatic heterocycles. The van der Waals surface area contributed by atoms with Crippen LogP contribution in [0.3, 0.4) is 0 Å². The number of nitrogens with one attached hydrogen (secondary N) is 3. The van der Waals surface area contributed by atoms with Crippen molar-refractivity contribution >= 4 is 23.2 Å². The molecule has 1 aromatic heterocycles. The van der Waals surface area contributed by atoms with Crippen molar-refractivity contribution in [2.45, 2.75) is 43.7 Å². The second kappa shape index (κ2) is 9.84.